The van der Waals surface area contributed by atoms with Crippen LogP contribution in [-0.2, 0) is 0 Å². The van der Waals surface area contributed by atoms with Gasteiger partial charge in [0.1, 0.15) is 5.82 Å². The Balaban J connectivity index is 2.96. The maximum absolute atomic E-state index is 13.3. The zero-order chi connectivity index (χ0) is 13.9. The number of likely N-dealkylation sites (N-methyl/N-ethyl adjacent to an activating group) is 1. The van der Waals surface area contributed by atoms with Crippen LogP contribution in [0.3, 0.4) is 0 Å². The van der Waals surface area contributed by atoms with Crippen LogP contribution in [0.2, 0.25) is 0 Å². The Morgan fingerprint density at radius 2 is 1.94 bits per heavy atom. The van der Waals surface area contributed by atoms with Crippen LogP contribution in [-0.4, -0.2) is 24.5 Å². The van der Waals surface area contributed by atoms with Gasteiger partial charge in [-0.2, -0.15) is 0 Å². The third-order valence-electron chi connectivity index (χ3n) is 2.89. The van der Waals surface area contributed by atoms with E-state index in [0.29, 0.717) is 0 Å². The van der Waals surface area contributed by atoms with Crippen LogP contribution >= 0.6 is 0 Å². The van der Waals surface area contributed by atoms with Crippen molar-refractivity contribution in [3.8, 4) is 0 Å². The second-order valence-corrected chi connectivity index (χ2v) is 6.33. The van der Waals surface area contributed by atoms with Crippen molar-refractivity contribution in [3.05, 3.63) is 35.6 Å². The number of nitrogens with two attached hydrogens (primary N) is 1. The van der Waals surface area contributed by atoms with Crippen LogP contribution in [0.25, 0.3) is 0 Å². The average Bonchev–Trinajstić information content (AvgIpc) is 2.13. The molecule has 0 spiro atoms. The van der Waals surface area contributed by atoms with Crippen molar-refractivity contribution >= 4 is 0 Å². The Kier molecular flexibility index (Phi) is 4.88. The topological polar surface area (TPSA) is 29.3 Å². The molecule has 0 radical (unpaired) electrons. The summed E-state index contributed by atoms with van der Waals surface area (Å²) in [6.07, 6.45) is 0. The lowest BCUT2D eigenvalue weighted by Gasteiger charge is -2.35. The zero-order valence-corrected chi connectivity index (χ0v) is 12.1. The fourth-order valence-electron chi connectivity index (χ4n) is 2.50. The molecule has 0 fully saturated rings. The first-order valence-electron chi connectivity index (χ1n) is 6.42. The highest BCUT2D eigenvalue weighted by molar-refractivity contribution is 5.21. The minimum absolute atomic E-state index is 0.0416. The number of halogens is 1. The molecule has 0 amide bonds. The number of rotatable bonds is 4. The minimum atomic E-state index is -0.206. The molecule has 2 atom stereocenters. The Labute approximate surface area is 110 Å². The summed E-state index contributed by atoms with van der Waals surface area (Å²) in [4.78, 5) is 2.21. The van der Waals surface area contributed by atoms with Crippen molar-refractivity contribution in [1.29, 1.82) is 0 Å². The zero-order valence-electron chi connectivity index (χ0n) is 12.1. The van der Waals surface area contributed by atoms with Gasteiger partial charge in [0.2, 0.25) is 0 Å². The fourth-order valence-corrected chi connectivity index (χ4v) is 2.50. The normalized spacial score (nSPS) is 15.8. The molecule has 1 aromatic carbocycles. The predicted octanol–water partition coefficient (Wildman–Crippen LogP) is 3.19. The van der Waals surface area contributed by atoms with E-state index in [2.05, 4.69) is 25.7 Å². The van der Waals surface area contributed by atoms with Gasteiger partial charge in [0.25, 0.3) is 0 Å². The predicted molar refractivity (Wildman–Crippen MR) is 74.9 cm³/mol. The van der Waals surface area contributed by atoms with Gasteiger partial charge in [-0.1, -0.05) is 32.9 Å². The molecule has 1 aromatic rings. The van der Waals surface area contributed by atoms with Gasteiger partial charge < -0.3 is 5.73 Å². The molecule has 0 heterocycles. The van der Waals surface area contributed by atoms with E-state index in [9.17, 15) is 4.39 Å². The number of benzene rings is 1. The van der Waals surface area contributed by atoms with E-state index in [1.54, 1.807) is 12.1 Å². The molecule has 2 N–H and O–H groups in total. The number of hydrogen-bond donors (Lipinski definition) is 1. The lowest BCUT2D eigenvalue weighted by molar-refractivity contribution is 0.156. The standard InChI is InChI=1S/C15H25FN2/c1-11(17)14(18(5)10-15(2,3)4)12-7-6-8-13(16)9-12/h6-9,11,14H,10,17H2,1-5H3. The van der Waals surface area contributed by atoms with E-state index in [1.165, 1.54) is 6.07 Å². The lowest BCUT2D eigenvalue weighted by Crippen LogP contribution is -2.41. The summed E-state index contributed by atoms with van der Waals surface area (Å²) < 4.78 is 13.3. The van der Waals surface area contributed by atoms with E-state index in [0.717, 1.165) is 12.1 Å². The molecule has 18 heavy (non-hydrogen) atoms. The third-order valence-corrected chi connectivity index (χ3v) is 2.89. The first kappa shape index (κ1) is 15.1. The average molecular weight is 252 g/mol. The molecule has 0 bridgehead atoms. The number of nitrogens with zero attached hydrogens (tertiary/aromatic N) is 1. The maximum Gasteiger partial charge on any atom is 0.123 e. The molecule has 0 aliphatic carbocycles. The first-order valence-corrected chi connectivity index (χ1v) is 6.42. The van der Waals surface area contributed by atoms with Crippen molar-refractivity contribution in [1.82, 2.24) is 4.90 Å². The summed E-state index contributed by atoms with van der Waals surface area (Å²) in [5.74, 6) is -0.206. The van der Waals surface area contributed by atoms with E-state index < -0.39 is 0 Å². The Bertz CT molecular complexity index is 382. The largest absolute Gasteiger partial charge is 0.326 e. The molecule has 0 saturated carbocycles. The summed E-state index contributed by atoms with van der Waals surface area (Å²) in [7, 11) is 2.05. The maximum atomic E-state index is 13.3. The van der Waals surface area contributed by atoms with Gasteiger partial charge >= 0.3 is 0 Å². The van der Waals surface area contributed by atoms with E-state index in [4.69, 9.17) is 5.73 Å². The molecule has 1 rings (SSSR count). The van der Waals surface area contributed by atoms with Crippen LogP contribution in [0.15, 0.2) is 24.3 Å². The molecular formula is C15H25FN2. The van der Waals surface area contributed by atoms with E-state index >= 15 is 0 Å². The van der Waals surface area contributed by atoms with Crippen molar-refractivity contribution in [2.45, 2.75) is 39.8 Å². The van der Waals surface area contributed by atoms with E-state index in [1.807, 2.05) is 20.0 Å². The van der Waals surface area contributed by atoms with Gasteiger partial charge in [0, 0.05) is 18.6 Å². The SMILES string of the molecule is CC(N)C(c1cccc(F)c1)N(C)CC(C)(C)C. The second kappa shape index (κ2) is 5.81. The van der Waals surface area contributed by atoms with Crippen LogP contribution in [0, 0.1) is 11.2 Å². The van der Waals surface area contributed by atoms with Crippen molar-refractivity contribution in [3.63, 3.8) is 0 Å². The summed E-state index contributed by atoms with van der Waals surface area (Å²) in [6, 6.07) is 6.72. The molecule has 0 aromatic heterocycles. The summed E-state index contributed by atoms with van der Waals surface area (Å²) >= 11 is 0. The van der Waals surface area contributed by atoms with Crippen molar-refractivity contribution in [2.24, 2.45) is 11.1 Å². The molecule has 0 aliphatic heterocycles. The second-order valence-electron chi connectivity index (χ2n) is 6.33. The fraction of sp³-hybridized carbons (Fsp3) is 0.600. The third kappa shape index (κ3) is 4.39. The molecule has 2 unspecified atom stereocenters. The summed E-state index contributed by atoms with van der Waals surface area (Å²) in [5.41, 5.74) is 7.21. The molecular weight excluding hydrogens is 227 g/mol. The van der Waals surface area contributed by atoms with E-state index in [-0.39, 0.29) is 23.3 Å². The molecule has 0 aliphatic rings. The van der Waals surface area contributed by atoms with Gasteiger partial charge in [-0.25, -0.2) is 4.39 Å². The quantitative estimate of drug-likeness (QED) is 0.891. The molecule has 102 valence electrons. The molecule has 3 heteroatoms. The highest BCUT2D eigenvalue weighted by Crippen LogP contribution is 2.26. The van der Waals surface area contributed by atoms with Gasteiger partial charge in [-0.15, -0.1) is 0 Å². The highest BCUT2D eigenvalue weighted by atomic mass is 19.1. The summed E-state index contributed by atoms with van der Waals surface area (Å²) in [5, 5.41) is 0. The van der Waals surface area contributed by atoms with Gasteiger partial charge in [0.15, 0.2) is 0 Å². The molecule has 2 nitrogen and oxygen atoms in total. The van der Waals surface area contributed by atoms with Crippen LogP contribution in [0.4, 0.5) is 4.39 Å². The Hall–Kier alpha value is -0.930. The van der Waals surface area contributed by atoms with Gasteiger partial charge in [-0.3, -0.25) is 4.90 Å². The first-order chi connectivity index (χ1) is 8.20. The summed E-state index contributed by atoms with van der Waals surface area (Å²) in [6.45, 7) is 9.44. The van der Waals surface area contributed by atoms with Crippen molar-refractivity contribution < 1.29 is 4.39 Å². The lowest BCUT2D eigenvalue weighted by atomic mass is 9.93. The minimum Gasteiger partial charge on any atom is -0.326 e. The van der Waals surface area contributed by atoms with Gasteiger partial charge in [-0.05, 0) is 37.1 Å². The monoisotopic (exact) mass is 252 g/mol. The van der Waals surface area contributed by atoms with Gasteiger partial charge in [0.05, 0.1) is 0 Å². The van der Waals surface area contributed by atoms with Crippen LogP contribution in [0.1, 0.15) is 39.3 Å². The highest BCUT2D eigenvalue weighted by Gasteiger charge is 2.25. The van der Waals surface area contributed by atoms with Crippen LogP contribution < -0.4 is 5.73 Å². The molecule has 0 saturated heterocycles. The van der Waals surface area contributed by atoms with Crippen LogP contribution in [0.5, 0.6) is 0 Å². The Morgan fingerprint density at radius 1 is 1.33 bits per heavy atom. The number of hydrogen-bond acceptors (Lipinski definition) is 2. The Morgan fingerprint density at radius 3 is 2.39 bits per heavy atom. The van der Waals surface area contributed by atoms with Crippen molar-refractivity contribution in [2.75, 3.05) is 13.6 Å². The smallest absolute Gasteiger partial charge is 0.123 e.